The summed E-state index contributed by atoms with van der Waals surface area (Å²) in [6.07, 6.45) is 0.450. The van der Waals surface area contributed by atoms with E-state index in [1.807, 2.05) is 6.92 Å². The Morgan fingerprint density at radius 2 is 2.11 bits per heavy atom. The van der Waals surface area contributed by atoms with Crippen LogP contribution in [0.1, 0.15) is 25.3 Å². The van der Waals surface area contributed by atoms with E-state index in [2.05, 4.69) is 0 Å². The number of aliphatic carboxylic acids is 1. The average Bonchev–Trinajstić information content (AvgIpc) is 2.64. The third-order valence-electron chi connectivity index (χ3n) is 4.66. The Labute approximate surface area is 163 Å². The molecule has 1 aromatic rings. The Morgan fingerprint density at radius 3 is 2.74 bits per heavy atom. The van der Waals surface area contributed by atoms with Crippen molar-refractivity contribution in [3.8, 4) is 5.75 Å². The van der Waals surface area contributed by atoms with Gasteiger partial charge in [0.15, 0.2) is 6.10 Å². The van der Waals surface area contributed by atoms with Gasteiger partial charge in [0.1, 0.15) is 5.75 Å². The van der Waals surface area contributed by atoms with Gasteiger partial charge >= 0.3 is 5.97 Å². The van der Waals surface area contributed by atoms with Crippen molar-refractivity contribution >= 4 is 29.4 Å². The van der Waals surface area contributed by atoms with E-state index in [9.17, 15) is 14.4 Å². The fourth-order valence-electron chi connectivity index (χ4n) is 3.04. The fourth-order valence-corrected chi connectivity index (χ4v) is 3.16. The molecule has 7 nitrogen and oxygen atoms in total. The number of ether oxygens (including phenoxy) is 1. The van der Waals surface area contributed by atoms with Gasteiger partial charge in [-0.15, -0.1) is 0 Å². The second-order valence-corrected chi connectivity index (χ2v) is 7.29. The molecule has 2 atom stereocenters. The maximum Gasteiger partial charge on any atom is 0.308 e. The molecule has 1 heterocycles. The number of piperidine rings is 1. The number of carbonyl (C=O) groups excluding carboxylic acids is 2. The Kier molecular flexibility index (Phi) is 7.07. The first-order chi connectivity index (χ1) is 12.7. The Hall–Kier alpha value is -2.28. The highest BCUT2D eigenvalue weighted by Gasteiger charge is 2.29. The predicted octanol–water partition coefficient (Wildman–Crippen LogP) is 2.20. The maximum atomic E-state index is 12.5. The lowest BCUT2D eigenvalue weighted by molar-refractivity contribution is -0.148. The van der Waals surface area contributed by atoms with Crippen LogP contribution in [-0.4, -0.2) is 65.5 Å². The molecule has 1 fully saturated rings. The smallest absolute Gasteiger partial charge is 0.308 e. The largest absolute Gasteiger partial charge is 0.481 e. The Balaban J connectivity index is 1.90. The van der Waals surface area contributed by atoms with Crippen molar-refractivity contribution in [2.24, 2.45) is 5.92 Å². The molecule has 2 rings (SSSR count). The number of hydrogen-bond acceptors (Lipinski definition) is 4. The summed E-state index contributed by atoms with van der Waals surface area (Å²) in [5.74, 6) is -1.50. The third kappa shape index (κ3) is 5.60. The van der Waals surface area contributed by atoms with Crippen molar-refractivity contribution in [2.45, 2.75) is 32.8 Å². The fraction of sp³-hybridized carbons (Fsp3) is 0.526. The average molecular weight is 397 g/mol. The normalized spacial score (nSPS) is 17.9. The van der Waals surface area contributed by atoms with Crippen LogP contribution in [0.2, 0.25) is 5.02 Å². The zero-order chi connectivity index (χ0) is 20.1. The van der Waals surface area contributed by atoms with Gasteiger partial charge in [0.2, 0.25) is 5.91 Å². The molecule has 8 heteroatoms. The monoisotopic (exact) mass is 396 g/mol. The molecule has 2 amide bonds. The maximum absolute atomic E-state index is 12.5. The number of carboxylic acid groups (broad SMARTS) is 1. The molecule has 0 aromatic heterocycles. The molecular formula is C19H25ClN2O5. The molecule has 1 aliphatic rings. The number of likely N-dealkylation sites (tertiary alicyclic amines) is 1. The van der Waals surface area contributed by atoms with Crippen LogP contribution in [0.15, 0.2) is 18.2 Å². The number of nitrogens with zero attached hydrogens (tertiary/aromatic N) is 2. The highest BCUT2D eigenvalue weighted by atomic mass is 35.5. The predicted molar refractivity (Wildman–Crippen MR) is 101 cm³/mol. The summed E-state index contributed by atoms with van der Waals surface area (Å²) in [6.45, 7) is 4.05. The molecule has 1 saturated heterocycles. The van der Waals surface area contributed by atoms with Gasteiger partial charge in [-0.1, -0.05) is 11.6 Å². The van der Waals surface area contributed by atoms with Gasteiger partial charge in [0.05, 0.1) is 12.5 Å². The molecule has 1 aromatic carbocycles. The number of carboxylic acids is 1. The van der Waals surface area contributed by atoms with Gasteiger partial charge in [-0.25, -0.2) is 0 Å². The number of halogens is 1. The second-order valence-electron chi connectivity index (χ2n) is 6.88. The summed E-state index contributed by atoms with van der Waals surface area (Å²) in [6, 6.07) is 5.13. The molecule has 0 spiro atoms. The number of carbonyl (C=O) groups is 3. The lowest BCUT2D eigenvalue weighted by atomic mass is 9.98. The van der Waals surface area contributed by atoms with Crippen LogP contribution in [-0.2, 0) is 14.4 Å². The van der Waals surface area contributed by atoms with Gasteiger partial charge in [-0.2, -0.15) is 0 Å². The summed E-state index contributed by atoms with van der Waals surface area (Å²) in [7, 11) is 1.53. The minimum Gasteiger partial charge on any atom is -0.481 e. The van der Waals surface area contributed by atoms with E-state index < -0.39 is 18.0 Å². The molecular weight excluding hydrogens is 372 g/mol. The third-order valence-corrected chi connectivity index (χ3v) is 5.09. The first-order valence-corrected chi connectivity index (χ1v) is 9.25. The van der Waals surface area contributed by atoms with E-state index in [4.69, 9.17) is 21.4 Å². The van der Waals surface area contributed by atoms with Gasteiger partial charge in [-0.3, -0.25) is 14.4 Å². The van der Waals surface area contributed by atoms with Crippen LogP contribution in [0, 0.1) is 12.8 Å². The first kappa shape index (κ1) is 21.0. The van der Waals surface area contributed by atoms with Crippen LogP contribution < -0.4 is 4.74 Å². The molecule has 1 aliphatic heterocycles. The van der Waals surface area contributed by atoms with E-state index >= 15 is 0 Å². The van der Waals surface area contributed by atoms with Crippen LogP contribution >= 0.6 is 11.6 Å². The topological polar surface area (TPSA) is 87.2 Å². The molecule has 1 N–H and O–H groups in total. The van der Waals surface area contributed by atoms with Crippen molar-refractivity contribution in [3.05, 3.63) is 28.8 Å². The molecule has 0 saturated carbocycles. The Bertz CT molecular complexity index is 724. The minimum absolute atomic E-state index is 0.113. The molecule has 27 heavy (non-hydrogen) atoms. The van der Waals surface area contributed by atoms with Gasteiger partial charge in [0.25, 0.3) is 5.91 Å². The number of likely N-dealkylation sites (N-methyl/N-ethyl adjacent to an activating group) is 1. The van der Waals surface area contributed by atoms with Crippen molar-refractivity contribution in [3.63, 3.8) is 0 Å². The number of hydrogen-bond donors (Lipinski definition) is 1. The minimum atomic E-state index is -0.891. The summed E-state index contributed by atoms with van der Waals surface area (Å²) < 4.78 is 5.66. The number of aryl methyl sites for hydroxylation is 1. The van der Waals surface area contributed by atoms with E-state index in [1.54, 1.807) is 25.1 Å². The Morgan fingerprint density at radius 1 is 1.41 bits per heavy atom. The van der Waals surface area contributed by atoms with Crippen molar-refractivity contribution < 1.29 is 24.2 Å². The molecule has 0 aliphatic carbocycles. The lowest BCUT2D eigenvalue weighted by Gasteiger charge is -2.32. The molecule has 148 valence electrons. The quantitative estimate of drug-likeness (QED) is 0.796. The number of benzene rings is 1. The first-order valence-electron chi connectivity index (χ1n) is 8.87. The number of rotatable bonds is 6. The SMILES string of the molecule is Cc1cc(OC(C)C(=O)N(C)CC(=O)N2CCCC(C(=O)O)C2)ccc1Cl. The van der Waals surface area contributed by atoms with Crippen molar-refractivity contribution in [1.82, 2.24) is 9.80 Å². The van der Waals surface area contributed by atoms with Crippen molar-refractivity contribution in [1.29, 1.82) is 0 Å². The van der Waals surface area contributed by atoms with E-state index in [0.717, 1.165) is 5.56 Å². The zero-order valence-corrected chi connectivity index (χ0v) is 16.5. The standard InChI is InChI=1S/C19H25ClN2O5/c1-12-9-15(6-7-16(12)20)27-13(2)18(24)21(3)11-17(23)22-8-4-5-14(10-22)19(25)26/h6-7,9,13-14H,4-5,8,10-11H2,1-3H3,(H,25,26). The van der Waals surface area contributed by atoms with E-state index in [-0.39, 0.29) is 24.9 Å². The molecule has 0 bridgehead atoms. The highest BCUT2D eigenvalue weighted by Crippen LogP contribution is 2.22. The second kappa shape index (κ2) is 9.08. The van der Waals surface area contributed by atoms with Crippen molar-refractivity contribution in [2.75, 3.05) is 26.7 Å². The summed E-state index contributed by atoms with van der Waals surface area (Å²) in [5, 5.41) is 9.75. The van der Waals surface area contributed by atoms with Gasteiger partial charge < -0.3 is 19.6 Å². The van der Waals surface area contributed by atoms with Crippen LogP contribution in [0.5, 0.6) is 5.75 Å². The van der Waals surface area contributed by atoms with Gasteiger partial charge in [-0.05, 0) is 50.5 Å². The van der Waals surface area contributed by atoms with E-state index in [0.29, 0.717) is 30.2 Å². The summed E-state index contributed by atoms with van der Waals surface area (Å²) in [5.41, 5.74) is 0.843. The zero-order valence-electron chi connectivity index (χ0n) is 15.8. The van der Waals surface area contributed by atoms with Crippen LogP contribution in [0.3, 0.4) is 0 Å². The molecule has 0 radical (unpaired) electrons. The summed E-state index contributed by atoms with van der Waals surface area (Å²) in [4.78, 5) is 38.9. The number of amides is 2. The van der Waals surface area contributed by atoms with Crippen LogP contribution in [0.25, 0.3) is 0 Å². The highest BCUT2D eigenvalue weighted by molar-refractivity contribution is 6.31. The van der Waals surface area contributed by atoms with Gasteiger partial charge in [0, 0.05) is 25.2 Å². The van der Waals surface area contributed by atoms with E-state index in [1.165, 1.54) is 16.8 Å². The van der Waals surface area contributed by atoms with Crippen LogP contribution in [0.4, 0.5) is 0 Å². The molecule has 2 unspecified atom stereocenters. The lowest BCUT2D eigenvalue weighted by Crippen LogP contribution is -2.48. The summed E-state index contributed by atoms with van der Waals surface area (Å²) >= 11 is 5.98.